The van der Waals surface area contributed by atoms with Gasteiger partial charge >= 0.3 is 5.97 Å². The van der Waals surface area contributed by atoms with Gasteiger partial charge in [-0.15, -0.1) is 0 Å². The summed E-state index contributed by atoms with van der Waals surface area (Å²) in [5.74, 6) is 2.08. The van der Waals surface area contributed by atoms with E-state index in [1.165, 1.54) is 51.4 Å². The molecule has 0 bridgehead atoms. The van der Waals surface area contributed by atoms with Gasteiger partial charge in [0.2, 0.25) is 0 Å². The number of aliphatic hydroxyl groups excluding tert-OH is 1. The highest BCUT2D eigenvalue weighted by Crippen LogP contribution is 2.77. The van der Waals surface area contributed by atoms with Crippen molar-refractivity contribution in [3.05, 3.63) is 0 Å². The molecule has 5 rings (SSSR count). The minimum Gasteiger partial charge on any atom is -0.481 e. The van der Waals surface area contributed by atoms with Crippen molar-refractivity contribution in [3.8, 4) is 0 Å². The number of carboxylic acids is 1. The van der Waals surface area contributed by atoms with Gasteiger partial charge in [0, 0.05) is 0 Å². The van der Waals surface area contributed by atoms with E-state index in [1.54, 1.807) is 0 Å². The molecule has 0 aromatic rings. The summed E-state index contributed by atoms with van der Waals surface area (Å²) in [5.41, 5.74) is 1.27. The van der Waals surface area contributed by atoms with Crippen molar-refractivity contribution < 1.29 is 15.0 Å². The molecule has 3 nitrogen and oxygen atoms in total. The Balaban J connectivity index is 1.53. The first-order valence-electron chi connectivity index (χ1n) is 14.1. The molecule has 0 spiro atoms. The van der Waals surface area contributed by atoms with E-state index in [1.807, 2.05) is 6.92 Å². The fourth-order valence-corrected chi connectivity index (χ4v) is 11.7. The second kappa shape index (κ2) is 7.23. The Bertz CT molecular complexity index is 819. The summed E-state index contributed by atoms with van der Waals surface area (Å²) in [4.78, 5) is 12.1. The van der Waals surface area contributed by atoms with Gasteiger partial charge in [0.1, 0.15) is 0 Å². The maximum atomic E-state index is 12.1. The molecule has 0 aromatic carbocycles. The van der Waals surface area contributed by atoms with Gasteiger partial charge in [-0.3, -0.25) is 4.79 Å². The largest absolute Gasteiger partial charge is 0.481 e. The fraction of sp³-hybridized carbons (Fsp3) is 0.967. The van der Waals surface area contributed by atoms with Crippen molar-refractivity contribution in [2.24, 2.45) is 62.6 Å². The van der Waals surface area contributed by atoms with Crippen LogP contribution in [0, 0.1) is 62.6 Å². The van der Waals surface area contributed by atoms with Gasteiger partial charge in [-0.2, -0.15) is 0 Å². The Labute approximate surface area is 202 Å². The van der Waals surface area contributed by atoms with Crippen LogP contribution in [0.15, 0.2) is 0 Å². The number of hydrogen-bond donors (Lipinski definition) is 2. The van der Waals surface area contributed by atoms with Gasteiger partial charge in [0.15, 0.2) is 0 Å². The molecule has 11 atom stereocenters. The highest BCUT2D eigenvalue weighted by molar-refractivity contribution is 5.70. The Morgan fingerprint density at radius 1 is 0.788 bits per heavy atom. The quantitative estimate of drug-likeness (QED) is 0.461. The molecule has 5 aliphatic carbocycles. The van der Waals surface area contributed by atoms with Crippen LogP contribution in [-0.2, 0) is 4.79 Å². The van der Waals surface area contributed by atoms with Gasteiger partial charge in [-0.25, -0.2) is 0 Å². The van der Waals surface area contributed by atoms with Crippen LogP contribution in [0.4, 0.5) is 0 Å². The second-order valence-corrected chi connectivity index (χ2v) is 15.1. The molecule has 0 radical (unpaired) electrons. The summed E-state index contributed by atoms with van der Waals surface area (Å²) in [5, 5.41) is 20.8. The van der Waals surface area contributed by atoms with Crippen LogP contribution in [0.3, 0.4) is 0 Å². The lowest BCUT2D eigenvalue weighted by molar-refractivity contribution is -0.248. The third kappa shape index (κ3) is 2.93. The number of carbonyl (C=O) groups is 1. The van der Waals surface area contributed by atoms with Crippen LogP contribution < -0.4 is 0 Å². The summed E-state index contributed by atoms with van der Waals surface area (Å²) in [6.07, 6.45) is 12.0. The van der Waals surface area contributed by atoms with Crippen molar-refractivity contribution in [1.29, 1.82) is 0 Å². The van der Waals surface area contributed by atoms with E-state index in [4.69, 9.17) is 0 Å². The second-order valence-electron chi connectivity index (χ2n) is 15.1. The fourth-order valence-electron chi connectivity index (χ4n) is 11.7. The van der Waals surface area contributed by atoms with E-state index in [2.05, 4.69) is 41.5 Å². The first kappa shape index (κ1) is 24.1. The van der Waals surface area contributed by atoms with E-state index in [9.17, 15) is 15.0 Å². The van der Waals surface area contributed by atoms with Gasteiger partial charge in [0.05, 0.1) is 12.0 Å². The molecule has 3 heteroatoms. The normalized spacial score (nSPS) is 56.1. The number of carboxylic acid groups (broad SMARTS) is 1. The topological polar surface area (TPSA) is 57.5 Å². The average molecular weight is 459 g/mol. The zero-order valence-corrected chi connectivity index (χ0v) is 22.4. The van der Waals surface area contributed by atoms with Crippen LogP contribution in [-0.4, -0.2) is 22.3 Å². The minimum atomic E-state index is -0.590. The number of hydrogen-bond acceptors (Lipinski definition) is 2. The SMILES string of the molecule is C[C@@H](C(=O)O)[C@@H]1CC[C@]2(C)CC[C@]3(C)[C@H](CC[C@@H]4[C@@]5(C)CC[C@@H](O)C(C)(C)[C@@H]5CC[C@]43C)[C@@H]12. The van der Waals surface area contributed by atoms with Crippen LogP contribution >= 0.6 is 0 Å². The Morgan fingerprint density at radius 3 is 2.15 bits per heavy atom. The maximum absolute atomic E-state index is 12.1. The zero-order valence-electron chi connectivity index (χ0n) is 22.4. The molecule has 5 saturated carbocycles. The third-order valence-corrected chi connectivity index (χ3v) is 13.9. The maximum Gasteiger partial charge on any atom is 0.306 e. The molecule has 5 aliphatic rings. The lowest BCUT2D eigenvalue weighted by Gasteiger charge is -2.73. The Morgan fingerprint density at radius 2 is 1.48 bits per heavy atom. The molecule has 0 saturated heterocycles. The van der Waals surface area contributed by atoms with E-state index in [0.29, 0.717) is 45.3 Å². The predicted molar refractivity (Wildman–Crippen MR) is 133 cm³/mol. The summed E-state index contributed by atoms with van der Waals surface area (Å²) >= 11 is 0. The number of fused-ring (bicyclic) bond motifs is 7. The molecular weight excluding hydrogens is 408 g/mol. The van der Waals surface area contributed by atoms with Gasteiger partial charge in [0.25, 0.3) is 0 Å². The zero-order chi connectivity index (χ0) is 24.2. The molecular formula is C30H50O3. The lowest BCUT2D eigenvalue weighted by atomic mass is 9.32. The van der Waals surface area contributed by atoms with Crippen LogP contribution in [0.1, 0.15) is 113 Å². The van der Waals surface area contributed by atoms with E-state index in [0.717, 1.165) is 18.8 Å². The summed E-state index contributed by atoms with van der Waals surface area (Å²) in [7, 11) is 0. The highest BCUT2D eigenvalue weighted by Gasteiger charge is 2.70. The number of rotatable bonds is 2. The smallest absolute Gasteiger partial charge is 0.306 e. The van der Waals surface area contributed by atoms with Crippen molar-refractivity contribution in [1.82, 2.24) is 0 Å². The van der Waals surface area contributed by atoms with Crippen LogP contribution in [0.2, 0.25) is 0 Å². The van der Waals surface area contributed by atoms with Gasteiger partial charge in [-0.05, 0) is 121 Å². The Hall–Kier alpha value is -0.570. The molecule has 0 aliphatic heterocycles. The van der Waals surface area contributed by atoms with E-state index in [-0.39, 0.29) is 17.4 Å². The molecule has 5 fully saturated rings. The number of aliphatic hydroxyl groups is 1. The molecule has 33 heavy (non-hydrogen) atoms. The molecule has 0 unspecified atom stereocenters. The minimum absolute atomic E-state index is 0.00465. The summed E-state index contributed by atoms with van der Waals surface area (Å²) in [6.45, 7) is 17.0. The predicted octanol–water partition coefficient (Wildman–Crippen LogP) is 7.17. The van der Waals surface area contributed by atoms with Crippen LogP contribution in [0.5, 0.6) is 0 Å². The molecule has 0 aromatic heterocycles. The van der Waals surface area contributed by atoms with E-state index < -0.39 is 5.97 Å². The summed E-state index contributed by atoms with van der Waals surface area (Å²) < 4.78 is 0. The third-order valence-electron chi connectivity index (χ3n) is 13.9. The van der Waals surface area contributed by atoms with Gasteiger partial charge in [-0.1, -0.05) is 48.5 Å². The van der Waals surface area contributed by atoms with Crippen molar-refractivity contribution >= 4 is 5.97 Å². The summed E-state index contributed by atoms with van der Waals surface area (Å²) in [6, 6.07) is 0. The number of aliphatic carboxylic acids is 1. The monoisotopic (exact) mass is 458 g/mol. The highest BCUT2D eigenvalue weighted by atomic mass is 16.4. The van der Waals surface area contributed by atoms with Crippen molar-refractivity contribution in [2.45, 2.75) is 119 Å². The average Bonchev–Trinajstić information content (AvgIpc) is 3.08. The van der Waals surface area contributed by atoms with E-state index >= 15 is 0 Å². The first-order chi connectivity index (χ1) is 15.2. The van der Waals surface area contributed by atoms with Crippen molar-refractivity contribution in [2.75, 3.05) is 0 Å². The lowest BCUT2D eigenvalue weighted by Crippen LogP contribution is -2.66. The van der Waals surface area contributed by atoms with Crippen LogP contribution in [0.25, 0.3) is 0 Å². The Kier molecular flexibility index (Phi) is 5.29. The standard InChI is InChI=1S/C30H50O3/c1-18(25(32)33)19-10-13-27(4)16-17-29(6)20(24(19)27)8-9-22-28(5)14-12-23(31)26(2,3)21(28)11-15-30(22,29)7/h18-24,31H,8-17H2,1-7H3,(H,32,33)/t18-,19+,20-,21+,22-,23-,24-,27-,28+,29-,30-/m1/s1. The van der Waals surface area contributed by atoms with Gasteiger partial charge < -0.3 is 10.2 Å². The molecule has 2 N–H and O–H groups in total. The molecule has 188 valence electrons. The molecule has 0 heterocycles. The first-order valence-corrected chi connectivity index (χ1v) is 14.1. The molecule has 0 amide bonds. The van der Waals surface area contributed by atoms with Crippen molar-refractivity contribution in [3.63, 3.8) is 0 Å².